The zero-order valence-corrected chi connectivity index (χ0v) is 10.9. The number of carbonyl (C=O) groups is 1. The van der Waals surface area contributed by atoms with Gasteiger partial charge >= 0.3 is 0 Å². The number of Topliss-reactive ketones (excluding diaryl/α,β-unsaturated/α-hetero) is 1. The number of rotatable bonds is 2. The Hall–Kier alpha value is -0.590. The lowest BCUT2D eigenvalue weighted by molar-refractivity contribution is 0.100. The highest BCUT2D eigenvalue weighted by molar-refractivity contribution is 14.1. The third-order valence-corrected chi connectivity index (χ3v) is 1.63. The van der Waals surface area contributed by atoms with Crippen LogP contribution in [0.4, 0.5) is 8.78 Å². The predicted molar refractivity (Wildman–Crippen MR) is 68.4 cm³/mol. The normalized spacial score (nSPS) is 8.81. The molecule has 1 aromatic rings. The molecule has 0 aliphatic carbocycles. The topological polar surface area (TPSA) is 26.3 Å². The van der Waals surface area contributed by atoms with Crippen molar-refractivity contribution in [3.63, 3.8) is 0 Å². The van der Waals surface area contributed by atoms with Gasteiger partial charge in [0.05, 0.1) is 12.7 Å². The van der Waals surface area contributed by atoms with E-state index < -0.39 is 17.4 Å². The number of halogens is 3. The SMILES string of the molecule is COc1ccc(F)c(F)c1C(C)=O.[B][B]I. The molecule has 0 saturated heterocycles. The van der Waals surface area contributed by atoms with Crippen LogP contribution in [0, 0.1) is 11.6 Å². The maximum Gasteiger partial charge on any atom is 0.173 e. The van der Waals surface area contributed by atoms with Crippen molar-refractivity contribution in [1.82, 2.24) is 0 Å². The Morgan fingerprint density at radius 1 is 1.50 bits per heavy atom. The quantitative estimate of drug-likeness (QED) is 0.471. The summed E-state index contributed by atoms with van der Waals surface area (Å²) in [7, 11) is 6.00. The molecule has 0 saturated carbocycles. The van der Waals surface area contributed by atoms with Gasteiger partial charge in [-0.15, -0.1) is 0 Å². The van der Waals surface area contributed by atoms with Gasteiger partial charge in [0.2, 0.25) is 0 Å². The van der Waals surface area contributed by atoms with E-state index >= 15 is 0 Å². The Morgan fingerprint density at radius 2 is 2.00 bits per heavy atom. The molecule has 0 unspecified atom stereocenters. The first kappa shape index (κ1) is 15.4. The first-order chi connectivity index (χ1) is 7.49. The molecule has 16 heavy (non-hydrogen) atoms. The van der Waals surface area contributed by atoms with E-state index in [0.29, 0.717) is 0 Å². The molecule has 0 aliphatic heterocycles. The van der Waals surface area contributed by atoms with Gasteiger partial charge in [-0.2, -0.15) is 22.4 Å². The van der Waals surface area contributed by atoms with E-state index in [9.17, 15) is 13.6 Å². The molecule has 0 heterocycles. The lowest BCUT2D eigenvalue weighted by atomic mass is 9.81. The summed E-state index contributed by atoms with van der Waals surface area (Å²) >= 11 is 1.94. The van der Waals surface area contributed by atoms with Gasteiger partial charge < -0.3 is 4.74 Å². The lowest BCUT2D eigenvalue weighted by Gasteiger charge is -2.06. The Kier molecular flexibility index (Phi) is 7.36. The second kappa shape index (κ2) is 7.65. The molecular weight excluding hydrogens is 327 g/mol. The van der Waals surface area contributed by atoms with Gasteiger partial charge in [0.25, 0.3) is 0 Å². The van der Waals surface area contributed by atoms with Gasteiger partial charge in [0, 0.05) is 7.74 Å². The lowest BCUT2D eigenvalue weighted by Crippen LogP contribution is -2.03. The maximum atomic E-state index is 13.0. The van der Waals surface area contributed by atoms with Crippen LogP contribution in [0.1, 0.15) is 17.3 Å². The predicted octanol–water partition coefficient (Wildman–Crippen LogP) is 2.30. The fourth-order valence-electron chi connectivity index (χ4n) is 1.03. The minimum Gasteiger partial charge on any atom is -0.496 e. The minimum absolute atomic E-state index is 0.0476. The summed E-state index contributed by atoms with van der Waals surface area (Å²) < 4.78 is 30.4. The van der Waals surface area contributed by atoms with Gasteiger partial charge in [0.1, 0.15) is 10.8 Å². The second-order valence-electron chi connectivity index (χ2n) is 2.62. The largest absolute Gasteiger partial charge is 0.496 e. The number of hydrogen-bond acceptors (Lipinski definition) is 2. The van der Waals surface area contributed by atoms with E-state index in [4.69, 9.17) is 12.5 Å². The van der Waals surface area contributed by atoms with E-state index in [1.807, 2.05) is 22.4 Å². The van der Waals surface area contributed by atoms with Crippen molar-refractivity contribution in [2.24, 2.45) is 0 Å². The Morgan fingerprint density at radius 3 is 2.38 bits per heavy atom. The molecule has 3 radical (unpaired) electrons. The van der Waals surface area contributed by atoms with Crippen LogP contribution in [0.25, 0.3) is 0 Å². The number of carbonyl (C=O) groups excluding carboxylic acids is 1. The van der Waals surface area contributed by atoms with E-state index in [0.717, 1.165) is 13.0 Å². The van der Waals surface area contributed by atoms with Crippen LogP contribution >= 0.6 is 22.4 Å². The summed E-state index contributed by atoms with van der Waals surface area (Å²) in [5.74, 6) is -2.72. The molecular formula is C9H8B2F2IO2. The van der Waals surface area contributed by atoms with Gasteiger partial charge in [-0.3, -0.25) is 4.79 Å². The molecule has 1 aromatic carbocycles. The fraction of sp³-hybridized carbons (Fsp3) is 0.222. The molecule has 2 nitrogen and oxygen atoms in total. The number of benzene rings is 1. The number of ether oxygens (including phenoxy) is 1. The van der Waals surface area contributed by atoms with E-state index in [1.165, 1.54) is 18.2 Å². The molecule has 0 spiro atoms. The Bertz CT molecular complexity index is 375. The molecule has 0 amide bonds. The Labute approximate surface area is 108 Å². The van der Waals surface area contributed by atoms with Gasteiger partial charge in [0.15, 0.2) is 17.4 Å². The van der Waals surface area contributed by atoms with Crippen molar-refractivity contribution < 1.29 is 18.3 Å². The monoisotopic (exact) mass is 335 g/mol. The first-order valence-electron chi connectivity index (χ1n) is 4.16. The summed E-state index contributed by atoms with van der Waals surface area (Å²) in [6.07, 6.45) is 0. The number of ketones is 1. The summed E-state index contributed by atoms with van der Waals surface area (Å²) in [5.41, 5.74) is -0.345. The molecule has 0 aliphatic rings. The third kappa shape index (κ3) is 4.11. The van der Waals surface area contributed by atoms with Gasteiger partial charge in [-0.1, -0.05) is 0 Å². The summed E-state index contributed by atoms with van der Waals surface area (Å²) in [6, 6.07) is 2.13. The molecule has 0 fully saturated rings. The standard InChI is InChI=1S/C9H8F2O2.B2I/c1-5(12)8-7(13-2)4-3-6(10)9(8)11;1-2-3/h3-4H,1-2H3;. The van der Waals surface area contributed by atoms with Crippen molar-refractivity contribution in [2.75, 3.05) is 7.11 Å². The van der Waals surface area contributed by atoms with E-state index in [1.54, 1.807) is 0 Å². The molecule has 0 bridgehead atoms. The third-order valence-electron chi connectivity index (χ3n) is 1.63. The van der Waals surface area contributed by atoms with Crippen molar-refractivity contribution >= 4 is 40.9 Å². The molecule has 83 valence electrons. The molecule has 7 heteroatoms. The zero-order valence-electron chi connectivity index (χ0n) is 8.76. The van der Waals surface area contributed by atoms with Crippen molar-refractivity contribution in [2.45, 2.75) is 6.92 Å². The molecule has 0 atom stereocenters. The number of hydrogen-bond donors (Lipinski definition) is 0. The van der Waals surface area contributed by atoms with Crippen LogP contribution in [-0.2, 0) is 0 Å². The molecule has 0 aromatic heterocycles. The highest BCUT2D eigenvalue weighted by Gasteiger charge is 2.17. The second-order valence-corrected chi connectivity index (χ2v) is 3.34. The van der Waals surface area contributed by atoms with Crippen LogP contribution < -0.4 is 4.74 Å². The van der Waals surface area contributed by atoms with Crippen LogP contribution in [0.3, 0.4) is 0 Å². The number of methoxy groups -OCH3 is 1. The zero-order chi connectivity index (χ0) is 12.7. The first-order valence-corrected chi connectivity index (χ1v) is 5.40. The smallest absolute Gasteiger partial charge is 0.173 e. The van der Waals surface area contributed by atoms with Crippen LogP contribution in [0.5, 0.6) is 5.75 Å². The fourth-order valence-corrected chi connectivity index (χ4v) is 1.03. The van der Waals surface area contributed by atoms with E-state index in [-0.39, 0.29) is 11.3 Å². The summed E-state index contributed by atoms with van der Waals surface area (Å²) in [5, 5.41) is 1.47. The van der Waals surface area contributed by atoms with Gasteiger partial charge in [-0.05, 0) is 19.1 Å². The highest BCUT2D eigenvalue weighted by Crippen LogP contribution is 2.23. The molecule has 0 N–H and O–H groups in total. The highest BCUT2D eigenvalue weighted by atomic mass is 127. The van der Waals surface area contributed by atoms with Crippen LogP contribution in [0.15, 0.2) is 12.1 Å². The Balaban J connectivity index is 0.000000673. The average molecular weight is 335 g/mol. The van der Waals surface area contributed by atoms with E-state index in [2.05, 4.69) is 0 Å². The van der Waals surface area contributed by atoms with Crippen molar-refractivity contribution in [3.8, 4) is 5.75 Å². The average Bonchev–Trinajstić information content (AvgIpc) is 2.22. The van der Waals surface area contributed by atoms with Gasteiger partial charge in [-0.25, -0.2) is 8.78 Å². The maximum absolute atomic E-state index is 13.0. The van der Waals surface area contributed by atoms with Crippen LogP contribution in [-0.4, -0.2) is 25.7 Å². The van der Waals surface area contributed by atoms with Crippen molar-refractivity contribution in [3.05, 3.63) is 29.3 Å². The molecule has 1 rings (SSSR count). The summed E-state index contributed by atoms with van der Waals surface area (Å²) in [6.45, 7) is 1.15. The van der Waals surface area contributed by atoms with Crippen molar-refractivity contribution in [1.29, 1.82) is 0 Å². The minimum atomic E-state index is -1.16. The van der Waals surface area contributed by atoms with Crippen LogP contribution in [0.2, 0.25) is 0 Å². The summed E-state index contributed by atoms with van der Waals surface area (Å²) in [4.78, 5) is 10.9.